The van der Waals surface area contributed by atoms with Crippen LogP contribution in [0.5, 0.6) is 0 Å². The Bertz CT molecular complexity index is 439. The summed E-state index contributed by atoms with van der Waals surface area (Å²) in [5.74, 6) is -1.67. The number of carboxylic acids is 1. The molecule has 0 radical (unpaired) electrons. The number of nitrogens with two attached hydrogens (primary N) is 1. The van der Waals surface area contributed by atoms with Gasteiger partial charge in [-0.05, 0) is 25.7 Å². The first-order valence-electron chi connectivity index (χ1n) is 8.17. The van der Waals surface area contributed by atoms with Crippen molar-refractivity contribution in [3.8, 4) is 0 Å². The van der Waals surface area contributed by atoms with E-state index >= 15 is 0 Å². The number of ether oxygens (including phenoxy) is 1. The summed E-state index contributed by atoms with van der Waals surface area (Å²) in [6.45, 7) is 1.65. The molecule has 24 heavy (non-hydrogen) atoms. The van der Waals surface area contributed by atoms with Gasteiger partial charge in [-0.3, -0.25) is 4.79 Å². The predicted molar refractivity (Wildman–Crippen MR) is 85.1 cm³/mol. The minimum absolute atomic E-state index is 0.437. The second-order valence-electron chi connectivity index (χ2n) is 6.13. The maximum absolute atomic E-state index is 12.1. The van der Waals surface area contributed by atoms with E-state index in [1.165, 1.54) is 19.3 Å². The molecule has 0 spiro atoms. The lowest BCUT2D eigenvalue weighted by molar-refractivity contribution is -0.146. The molecule has 6 N–H and O–H groups in total. The number of hydrogen-bond acceptors (Lipinski definition) is 5. The molecular formula is C15H27N3O6. The van der Waals surface area contributed by atoms with Crippen LogP contribution in [0.15, 0.2) is 0 Å². The van der Waals surface area contributed by atoms with Gasteiger partial charge in [0.2, 0.25) is 5.91 Å². The van der Waals surface area contributed by atoms with Crippen LogP contribution in [0.2, 0.25) is 0 Å². The molecule has 1 aliphatic carbocycles. The molecule has 138 valence electrons. The van der Waals surface area contributed by atoms with Crippen LogP contribution in [0.3, 0.4) is 0 Å². The summed E-state index contributed by atoms with van der Waals surface area (Å²) in [5.41, 5.74) is 5.08. The van der Waals surface area contributed by atoms with Gasteiger partial charge in [0.1, 0.15) is 6.04 Å². The normalized spacial score (nSPS) is 19.1. The van der Waals surface area contributed by atoms with Crippen molar-refractivity contribution in [1.29, 1.82) is 0 Å². The third-order valence-electron chi connectivity index (χ3n) is 4.12. The molecular weight excluding hydrogens is 318 g/mol. The maximum Gasteiger partial charge on any atom is 0.334 e. The Labute approximate surface area is 140 Å². The molecule has 0 heterocycles. The van der Waals surface area contributed by atoms with Crippen molar-refractivity contribution in [1.82, 2.24) is 10.6 Å². The summed E-state index contributed by atoms with van der Waals surface area (Å²) >= 11 is 0. The average molecular weight is 345 g/mol. The molecule has 1 fully saturated rings. The molecule has 3 amide bonds. The first-order chi connectivity index (χ1) is 11.3. The second kappa shape index (κ2) is 10.1. The molecule has 9 heteroatoms. The lowest BCUT2D eigenvalue weighted by Gasteiger charge is -2.27. The first kappa shape index (κ1) is 20.2. The van der Waals surface area contributed by atoms with Crippen LogP contribution in [-0.4, -0.2) is 59.5 Å². The molecule has 0 saturated heterocycles. The molecule has 9 nitrogen and oxygen atoms in total. The Morgan fingerprint density at radius 1 is 1.25 bits per heavy atom. The highest BCUT2D eigenvalue weighted by atomic mass is 16.5. The van der Waals surface area contributed by atoms with Gasteiger partial charge >= 0.3 is 12.0 Å². The Morgan fingerprint density at radius 3 is 2.42 bits per heavy atom. The predicted octanol–water partition coefficient (Wildman–Crippen LogP) is -0.430. The van der Waals surface area contributed by atoms with Crippen LogP contribution in [0, 0.1) is 5.92 Å². The van der Waals surface area contributed by atoms with Crippen LogP contribution in [0.1, 0.15) is 39.0 Å². The zero-order chi connectivity index (χ0) is 18.1. The number of aliphatic hydroxyl groups is 1. The van der Waals surface area contributed by atoms with Crippen LogP contribution in [0.4, 0.5) is 4.79 Å². The number of hydrogen-bond donors (Lipinski definition) is 5. The van der Waals surface area contributed by atoms with Gasteiger partial charge in [0.15, 0.2) is 6.10 Å². The van der Waals surface area contributed by atoms with Crippen LogP contribution >= 0.6 is 0 Å². The van der Waals surface area contributed by atoms with Crippen molar-refractivity contribution in [3.63, 3.8) is 0 Å². The van der Waals surface area contributed by atoms with Gasteiger partial charge in [-0.25, -0.2) is 9.59 Å². The zero-order valence-corrected chi connectivity index (χ0v) is 13.9. The lowest BCUT2D eigenvalue weighted by atomic mass is 9.90. The van der Waals surface area contributed by atoms with Gasteiger partial charge in [0.25, 0.3) is 0 Å². The van der Waals surface area contributed by atoms with Crippen LogP contribution < -0.4 is 16.4 Å². The lowest BCUT2D eigenvalue weighted by Crippen LogP contribution is -2.55. The van der Waals surface area contributed by atoms with Crippen molar-refractivity contribution in [2.24, 2.45) is 11.7 Å². The van der Waals surface area contributed by atoms with Gasteiger partial charge in [-0.1, -0.05) is 19.3 Å². The van der Waals surface area contributed by atoms with E-state index < -0.39 is 42.7 Å². The average Bonchev–Trinajstić information content (AvgIpc) is 2.55. The molecule has 0 aliphatic heterocycles. The Hall–Kier alpha value is -1.87. The molecule has 1 saturated carbocycles. The minimum Gasteiger partial charge on any atom is -0.479 e. The van der Waals surface area contributed by atoms with Gasteiger partial charge in [-0.2, -0.15) is 0 Å². The van der Waals surface area contributed by atoms with E-state index in [2.05, 4.69) is 10.6 Å². The third kappa shape index (κ3) is 7.14. The van der Waals surface area contributed by atoms with Crippen molar-refractivity contribution in [3.05, 3.63) is 0 Å². The van der Waals surface area contributed by atoms with Gasteiger partial charge in [0.05, 0.1) is 12.6 Å². The number of carbonyl (C=O) groups is 3. The number of aliphatic hydroxyl groups excluding tert-OH is 1. The highest BCUT2D eigenvalue weighted by molar-refractivity contribution is 5.87. The molecule has 3 atom stereocenters. The molecule has 0 aromatic rings. The number of aliphatic carboxylic acids is 1. The van der Waals surface area contributed by atoms with Gasteiger partial charge in [0, 0.05) is 6.61 Å². The quantitative estimate of drug-likeness (QED) is 0.382. The first-order valence-corrected chi connectivity index (χ1v) is 8.17. The smallest absolute Gasteiger partial charge is 0.334 e. The fourth-order valence-electron chi connectivity index (χ4n) is 2.68. The number of rotatable bonds is 9. The highest BCUT2D eigenvalue weighted by Gasteiger charge is 2.29. The molecule has 3 unspecified atom stereocenters. The summed E-state index contributed by atoms with van der Waals surface area (Å²) in [6.07, 6.45) is 3.36. The minimum atomic E-state index is -1.72. The Morgan fingerprint density at radius 2 is 1.88 bits per heavy atom. The van der Waals surface area contributed by atoms with E-state index in [1.54, 1.807) is 6.92 Å². The molecule has 1 aliphatic rings. The highest BCUT2D eigenvalue weighted by Crippen LogP contribution is 2.24. The largest absolute Gasteiger partial charge is 0.479 e. The van der Waals surface area contributed by atoms with Crippen molar-refractivity contribution >= 4 is 17.9 Å². The van der Waals surface area contributed by atoms with E-state index in [9.17, 15) is 19.5 Å². The number of carboxylic acid groups (broad SMARTS) is 1. The Balaban J connectivity index is 2.53. The maximum atomic E-state index is 12.1. The number of urea groups is 1. The van der Waals surface area contributed by atoms with E-state index in [-0.39, 0.29) is 0 Å². The second-order valence-corrected chi connectivity index (χ2v) is 6.13. The van der Waals surface area contributed by atoms with E-state index in [0.717, 1.165) is 12.8 Å². The summed E-state index contributed by atoms with van der Waals surface area (Å²) in [7, 11) is 0. The van der Waals surface area contributed by atoms with Crippen LogP contribution in [-0.2, 0) is 14.3 Å². The Kier molecular flexibility index (Phi) is 8.48. The topological polar surface area (TPSA) is 151 Å². The van der Waals surface area contributed by atoms with E-state index in [4.69, 9.17) is 15.6 Å². The van der Waals surface area contributed by atoms with E-state index in [1.807, 2.05) is 0 Å². The van der Waals surface area contributed by atoms with Gasteiger partial charge in [-0.15, -0.1) is 0 Å². The zero-order valence-electron chi connectivity index (χ0n) is 13.9. The molecule has 1 rings (SSSR count). The van der Waals surface area contributed by atoms with Crippen molar-refractivity contribution < 1.29 is 29.3 Å². The number of amides is 3. The SMILES string of the molecule is CC(OCC1CCCCC1)C(NC(N)=O)C(=O)NCC(O)C(=O)O. The molecule has 0 aromatic carbocycles. The molecule has 0 aromatic heterocycles. The van der Waals surface area contributed by atoms with E-state index in [0.29, 0.717) is 12.5 Å². The monoisotopic (exact) mass is 345 g/mol. The number of nitrogens with one attached hydrogen (secondary N) is 2. The standard InChI is InChI=1S/C15H27N3O6/c1-9(24-8-10-5-3-2-4-6-10)12(18-15(16)23)13(20)17-7-11(19)14(21)22/h9-12,19H,2-8H2,1H3,(H,17,20)(H,21,22)(H3,16,18,23). The fraction of sp³-hybridized carbons (Fsp3) is 0.800. The van der Waals surface area contributed by atoms with Crippen LogP contribution in [0.25, 0.3) is 0 Å². The number of carbonyl (C=O) groups excluding carboxylic acids is 2. The third-order valence-corrected chi connectivity index (χ3v) is 4.12. The summed E-state index contributed by atoms with van der Waals surface area (Å²) in [4.78, 5) is 33.8. The number of primary amides is 1. The fourth-order valence-corrected chi connectivity index (χ4v) is 2.68. The summed E-state index contributed by atoms with van der Waals surface area (Å²) in [6, 6.07) is -1.95. The summed E-state index contributed by atoms with van der Waals surface area (Å²) < 4.78 is 5.71. The van der Waals surface area contributed by atoms with Crippen molar-refractivity contribution in [2.45, 2.75) is 57.3 Å². The van der Waals surface area contributed by atoms with Gasteiger partial charge < -0.3 is 31.3 Å². The molecule has 0 bridgehead atoms. The van der Waals surface area contributed by atoms with Crippen molar-refractivity contribution in [2.75, 3.05) is 13.2 Å². The summed E-state index contributed by atoms with van der Waals surface area (Å²) in [5, 5.41) is 22.4.